The Morgan fingerprint density at radius 2 is 1.94 bits per heavy atom. The van der Waals surface area contributed by atoms with Crippen molar-refractivity contribution in [2.24, 2.45) is 11.1 Å². The molecule has 0 bridgehead atoms. The molecule has 0 atom stereocenters. The van der Waals surface area contributed by atoms with Crippen LogP contribution in [0.2, 0.25) is 0 Å². The molecule has 0 aromatic heterocycles. The van der Waals surface area contributed by atoms with E-state index < -0.39 is 9.84 Å². The number of likely N-dealkylation sites (tertiary alicyclic amines) is 1. The van der Waals surface area contributed by atoms with E-state index in [2.05, 4.69) is 4.90 Å². The predicted octanol–water partition coefficient (Wildman–Crippen LogP) is 0.849. The largest absolute Gasteiger partial charge is 0.387 e. The van der Waals surface area contributed by atoms with Gasteiger partial charge < -0.3 is 10.6 Å². The average Bonchev–Trinajstić information content (AvgIpc) is 2.31. The second-order valence-electron chi connectivity index (χ2n) is 5.41. The first-order valence-electron chi connectivity index (χ1n) is 6.56. The first kappa shape index (κ1) is 15.4. The van der Waals surface area contributed by atoms with Crippen molar-refractivity contribution in [3.05, 3.63) is 0 Å². The minimum absolute atomic E-state index is 0.161. The molecule has 1 saturated heterocycles. The first-order chi connectivity index (χ1) is 8.29. The predicted molar refractivity (Wildman–Crippen MR) is 74.6 cm³/mol. The zero-order valence-corrected chi connectivity index (χ0v) is 12.2. The number of rotatable bonds is 6. The third-order valence-corrected chi connectivity index (χ3v) is 5.77. The van der Waals surface area contributed by atoms with Gasteiger partial charge in [-0.2, -0.15) is 0 Å². The Labute approximate surface area is 110 Å². The number of hydrogen-bond acceptors (Lipinski definition) is 4. The molecular weight excluding hydrogens is 250 g/mol. The summed E-state index contributed by atoms with van der Waals surface area (Å²) >= 11 is 0. The van der Waals surface area contributed by atoms with Gasteiger partial charge in [0, 0.05) is 11.2 Å². The molecule has 6 heteroatoms. The Morgan fingerprint density at radius 3 is 2.39 bits per heavy atom. The van der Waals surface area contributed by atoms with Crippen LogP contribution in [0.5, 0.6) is 0 Å². The molecule has 0 aromatic carbocycles. The quantitative estimate of drug-likeness (QED) is 0.556. The summed E-state index contributed by atoms with van der Waals surface area (Å²) in [5.74, 6) is 0.787. The number of nitrogens with two attached hydrogens (primary N) is 1. The Morgan fingerprint density at radius 1 is 1.39 bits per heavy atom. The highest BCUT2D eigenvalue weighted by molar-refractivity contribution is 7.91. The normalized spacial score (nSPS) is 20.8. The fraction of sp³-hybridized carbons (Fsp3) is 0.917. The number of nitrogens with one attached hydrogen (secondary N) is 1. The van der Waals surface area contributed by atoms with E-state index in [-0.39, 0.29) is 22.8 Å². The molecule has 5 nitrogen and oxygen atoms in total. The maximum Gasteiger partial charge on any atom is 0.150 e. The molecule has 1 heterocycles. The molecule has 0 spiro atoms. The molecule has 1 fully saturated rings. The lowest BCUT2D eigenvalue weighted by molar-refractivity contribution is 0.163. The molecule has 3 N–H and O–H groups in total. The van der Waals surface area contributed by atoms with Gasteiger partial charge in [0.25, 0.3) is 0 Å². The van der Waals surface area contributed by atoms with Gasteiger partial charge in [-0.25, -0.2) is 8.42 Å². The third kappa shape index (κ3) is 4.24. The number of piperidine rings is 1. The van der Waals surface area contributed by atoms with Gasteiger partial charge in [0.2, 0.25) is 0 Å². The fourth-order valence-electron chi connectivity index (χ4n) is 2.19. The van der Waals surface area contributed by atoms with Crippen LogP contribution in [-0.2, 0) is 9.84 Å². The van der Waals surface area contributed by atoms with E-state index in [0.717, 1.165) is 32.5 Å². The second kappa shape index (κ2) is 6.02. The number of nitrogens with zero attached hydrogens (tertiary/aromatic N) is 1. The van der Waals surface area contributed by atoms with Crippen molar-refractivity contribution in [1.82, 2.24) is 4.90 Å². The lowest BCUT2D eigenvalue weighted by Gasteiger charge is -2.38. The van der Waals surface area contributed by atoms with Crippen molar-refractivity contribution in [3.8, 4) is 0 Å². The Balaban J connectivity index is 2.31. The van der Waals surface area contributed by atoms with Gasteiger partial charge in [0.1, 0.15) is 9.84 Å². The highest BCUT2D eigenvalue weighted by Gasteiger charge is 2.32. The van der Waals surface area contributed by atoms with E-state index in [1.807, 2.05) is 6.92 Å². The SMILES string of the molecule is CCS(=O)(=O)CCCN1CCC(C)(C(=N)N)CC1. The maximum atomic E-state index is 11.4. The topological polar surface area (TPSA) is 87.2 Å². The van der Waals surface area contributed by atoms with Crippen LogP contribution in [0.15, 0.2) is 0 Å². The van der Waals surface area contributed by atoms with Crippen LogP contribution in [0, 0.1) is 10.8 Å². The van der Waals surface area contributed by atoms with E-state index in [1.165, 1.54) is 0 Å². The van der Waals surface area contributed by atoms with Crippen molar-refractivity contribution in [3.63, 3.8) is 0 Å². The molecule has 18 heavy (non-hydrogen) atoms. The summed E-state index contributed by atoms with van der Waals surface area (Å²) in [5, 5.41) is 7.58. The molecule has 0 radical (unpaired) electrons. The molecule has 1 aliphatic heterocycles. The zero-order valence-electron chi connectivity index (χ0n) is 11.4. The molecule has 1 aliphatic rings. The summed E-state index contributed by atoms with van der Waals surface area (Å²) in [5.41, 5.74) is 5.45. The minimum atomic E-state index is -2.84. The van der Waals surface area contributed by atoms with Crippen LogP contribution in [0.25, 0.3) is 0 Å². The van der Waals surface area contributed by atoms with Crippen molar-refractivity contribution >= 4 is 15.7 Å². The summed E-state index contributed by atoms with van der Waals surface area (Å²) in [6.45, 7) is 6.36. The van der Waals surface area contributed by atoms with Crippen molar-refractivity contribution < 1.29 is 8.42 Å². The van der Waals surface area contributed by atoms with Crippen LogP contribution < -0.4 is 5.73 Å². The lowest BCUT2D eigenvalue weighted by Crippen LogP contribution is -2.45. The van der Waals surface area contributed by atoms with E-state index in [0.29, 0.717) is 6.42 Å². The smallest absolute Gasteiger partial charge is 0.150 e. The number of amidine groups is 1. The molecule has 1 rings (SSSR count). The molecular formula is C12H25N3O2S. The molecule has 0 aromatic rings. The average molecular weight is 275 g/mol. The van der Waals surface area contributed by atoms with E-state index in [1.54, 1.807) is 6.92 Å². The molecule has 0 amide bonds. The summed E-state index contributed by atoms with van der Waals surface area (Å²) < 4.78 is 22.7. The number of sulfone groups is 1. The van der Waals surface area contributed by atoms with Crippen LogP contribution >= 0.6 is 0 Å². The van der Waals surface area contributed by atoms with Gasteiger partial charge in [-0.15, -0.1) is 0 Å². The summed E-state index contributed by atoms with van der Waals surface area (Å²) in [7, 11) is -2.84. The van der Waals surface area contributed by atoms with Crippen LogP contribution in [0.3, 0.4) is 0 Å². The van der Waals surface area contributed by atoms with Gasteiger partial charge in [0.15, 0.2) is 0 Å². The van der Waals surface area contributed by atoms with Gasteiger partial charge in [-0.3, -0.25) is 5.41 Å². The lowest BCUT2D eigenvalue weighted by atomic mass is 9.79. The first-order valence-corrected chi connectivity index (χ1v) is 8.38. The van der Waals surface area contributed by atoms with Crippen molar-refractivity contribution in [2.75, 3.05) is 31.1 Å². The van der Waals surface area contributed by atoms with Gasteiger partial charge in [0.05, 0.1) is 11.6 Å². The van der Waals surface area contributed by atoms with Crippen molar-refractivity contribution in [1.29, 1.82) is 5.41 Å². The second-order valence-corrected chi connectivity index (χ2v) is 7.88. The molecule has 0 unspecified atom stereocenters. The Bertz CT molecular complexity index is 384. The minimum Gasteiger partial charge on any atom is -0.387 e. The Hall–Kier alpha value is -0.620. The van der Waals surface area contributed by atoms with Crippen LogP contribution in [0.1, 0.15) is 33.1 Å². The monoisotopic (exact) mass is 275 g/mol. The Kier molecular flexibility index (Phi) is 5.16. The van der Waals surface area contributed by atoms with Crippen molar-refractivity contribution in [2.45, 2.75) is 33.1 Å². The molecule has 106 valence electrons. The van der Waals surface area contributed by atoms with Gasteiger partial charge in [-0.05, 0) is 38.9 Å². The third-order valence-electron chi connectivity index (χ3n) is 3.98. The fourth-order valence-corrected chi connectivity index (χ4v) is 3.05. The van der Waals surface area contributed by atoms with Gasteiger partial charge in [-0.1, -0.05) is 13.8 Å². The molecule has 0 aliphatic carbocycles. The highest BCUT2D eigenvalue weighted by atomic mass is 32.2. The van der Waals surface area contributed by atoms with Gasteiger partial charge >= 0.3 is 0 Å². The van der Waals surface area contributed by atoms with E-state index in [4.69, 9.17) is 11.1 Å². The van der Waals surface area contributed by atoms with Crippen LogP contribution in [-0.4, -0.2) is 50.3 Å². The zero-order chi connectivity index (χ0) is 13.8. The van der Waals surface area contributed by atoms with E-state index >= 15 is 0 Å². The highest BCUT2D eigenvalue weighted by Crippen LogP contribution is 2.30. The summed E-state index contributed by atoms with van der Waals surface area (Å²) in [6.07, 6.45) is 2.48. The number of hydrogen-bond donors (Lipinski definition) is 2. The standard InChI is InChI=1S/C12H25N3O2S/c1-3-18(16,17)10-4-7-15-8-5-12(2,6-9-15)11(13)14/h3-10H2,1-2H3,(H3,13,14). The maximum absolute atomic E-state index is 11.4. The van der Waals surface area contributed by atoms with Crippen LogP contribution in [0.4, 0.5) is 0 Å². The summed E-state index contributed by atoms with van der Waals surface area (Å²) in [6, 6.07) is 0. The van der Waals surface area contributed by atoms with E-state index in [9.17, 15) is 8.42 Å². The summed E-state index contributed by atoms with van der Waals surface area (Å²) in [4.78, 5) is 2.27. The molecule has 0 saturated carbocycles.